The number of anilines is 1. The van der Waals surface area contributed by atoms with E-state index < -0.39 is 23.0 Å². The number of hydrogen-bond donors (Lipinski definition) is 1. The maximum Gasteiger partial charge on any atom is 0.280 e. The molecule has 1 heterocycles. The first-order chi connectivity index (χ1) is 13.5. The van der Waals surface area contributed by atoms with Crippen LogP contribution in [0.1, 0.15) is 10.5 Å². The Hall–Kier alpha value is -3.87. The molecule has 4 rings (SSSR count). The van der Waals surface area contributed by atoms with Crippen molar-refractivity contribution in [1.29, 1.82) is 0 Å². The predicted octanol–water partition coefficient (Wildman–Crippen LogP) is 3.92. The van der Waals surface area contributed by atoms with Crippen LogP contribution in [-0.4, -0.2) is 15.7 Å². The molecular formula is C21H13F2N3O2. The molecule has 0 saturated heterocycles. The van der Waals surface area contributed by atoms with E-state index >= 15 is 0 Å². The lowest BCUT2D eigenvalue weighted by molar-refractivity contribution is 0.102. The Kier molecular flexibility index (Phi) is 4.41. The van der Waals surface area contributed by atoms with Crippen molar-refractivity contribution in [3.05, 3.63) is 100 Å². The molecule has 28 heavy (non-hydrogen) atoms. The molecule has 5 nitrogen and oxygen atoms in total. The summed E-state index contributed by atoms with van der Waals surface area (Å²) >= 11 is 0. The Balaban J connectivity index is 1.85. The SMILES string of the molecule is O=C(Nc1ccc(F)c(F)c1)c1nn(-c2ccccc2)c2ccccc2c1=O. The Bertz CT molecular complexity index is 1250. The molecule has 0 unspecified atom stereocenters. The number of para-hydroxylation sites is 2. The van der Waals surface area contributed by atoms with Crippen molar-refractivity contribution < 1.29 is 13.6 Å². The number of carbonyl (C=O) groups is 1. The number of hydrogen-bond acceptors (Lipinski definition) is 3. The van der Waals surface area contributed by atoms with Gasteiger partial charge in [-0.05, 0) is 36.4 Å². The Morgan fingerprint density at radius 2 is 1.61 bits per heavy atom. The number of halogens is 2. The average Bonchev–Trinajstić information content (AvgIpc) is 2.72. The largest absolute Gasteiger partial charge is 0.320 e. The molecule has 0 aliphatic carbocycles. The van der Waals surface area contributed by atoms with Crippen LogP contribution in [0.15, 0.2) is 77.6 Å². The zero-order valence-electron chi connectivity index (χ0n) is 14.4. The summed E-state index contributed by atoms with van der Waals surface area (Å²) in [6, 6.07) is 18.8. The second-order valence-electron chi connectivity index (χ2n) is 6.03. The van der Waals surface area contributed by atoms with E-state index in [9.17, 15) is 18.4 Å². The van der Waals surface area contributed by atoms with Gasteiger partial charge in [-0.3, -0.25) is 9.59 Å². The summed E-state index contributed by atoms with van der Waals surface area (Å²) in [6.45, 7) is 0. The van der Waals surface area contributed by atoms with Gasteiger partial charge in [0.1, 0.15) is 0 Å². The smallest absolute Gasteiger partial charge is 0.280 e. The highest BCUT2D eigenvalue weighted by atomic mass is 19.2. The number of rotatable bonds is 3. The fourth-order valence-corrected chi connectivity index (χ4v) is 2.86. The van der Waals surface area contributed by atoms with E-state index in [1.165, 1.54) is 10.7 Å². The lowest BCUT2D eigenvalue weighted by Gasteiger charge is -2.12. The number of fused-ring (bicyclic) bond motifs is 1. The first-order valence-electron chi connectivity index (χ1n) is 8.38. The van der Waals surface area contributed by atoms with Crippen LogP contribution in [0, 0.1) is 11.6 Å². The van der Waals surface area contributed by atoms with Crippen molar-refractivity contribution in [1.82, 2.24) is 9.78 Å². The third-order valence-electron chi connectivity index (χ3n) is 4.19. The topological polar surface area (TPSA) is 64.0 Å². The summed E-state index contributed by atoms with van der Waals surface area (Å²) in [6.07, 6.45) is 0. The zero-order valence-corrected chi connectivity index (χ0v) is 14.4. The first-order valence-corrected chi connectivity index (χ1v) is 8.38. The monoisotopic (exact) mass is 377 g/mol. The minimum absolute atomic E-state index is 0.0181. The van der Waals surface area contributed by atoms with Gasteiger partial charge in [0.05, 0.1) is 16.6 Å². The van der Waals surface area contributed by atoms with Gasteiger partial charge in [0.2, 0.25) is 5.43 Å². The van der Waals surface area contributed by atoms with E-state index in [2.05, 4.69) is 10.4 Å². The molecule has 0 fully saturated rings. The number of nitrogens with zero attached hydrogens (tertiary/aromatic N) is 2. The van der Waals surface area contributed by atoms with Gasteiger partial charge in [-0.15, -0.1) is 0 Å². The van der Waals surface area contributed by atoms with Crippen molar-refractivity contribution in [3.63, 3.8) is 0 Å². The lowest BCUT2D eigenvalue weighted by atomic mass is 10.2. The number of amides is 1. The summed E-state index contributed by atoms with van der Waals surface area (Å²) in [5.41, 5.74) is 0.323. The van der Waals surface area contributed by atoms with Gasteiger partial charge in [0.15, 0.2) is 17.3 Å². The molecule has 0 saturated carbocycles. The van der Waals surface area contributed by atoms with Crippen molar-refractivity contribution in [2.75, 3.05) is 5.32 Å². The standard InChI is InChI=1S/C21H13F2N3O2/c22-16-11-10-13(12-17(16)23)24-21(28)19-20(27)15-8-4-5-9-18(15)26(25-19)14-6-2-1-3-7-14/h1-12H,(H,24,28). The van der Waals surface area contributed by atoms with E-state index in [4.69, 9.17) is 0 Å². The maximum atomic E-state index is 13.4. The summed E-state index contributed by atoms with van der Waals surface area (Å²) in [5.74, 6) is -2.95. The van der Waals surface area contributed by atoms with Crippen LogP contribution >= 0.6 is 0 Å². The van der Waals surface area contributed by atoms with Crippen molar-refractivity contribution in [3.8, 4) is 5.69 Å². The van der Waals surface area contributed by atoms with Crippen LogP contribution in [0.4, 0.5) is 14.5 Å². The van der Waals surface area contributed by atoms with Crippen LogP contribution in [0.2, 0.25) is 0 Å². The molecule has 4 aromatic rings. The minimum Gasteiger partial charge on any atom is -0.320 e. The highest BCUT2D eigenvalue weighted by Crippen LogP contribution is 2.17. The lowest BCUT2D eigenvalue weighted by Crippen LogP contribution is -2.26. The van der Waals surface area contributed by atoms with Gasteiger partial charge >= 0.3 is 0 Å². The molecule has 0 radical (unpaired) electrons. The third-order valence-corrected chi connectivity index (χ3v) is 4.19. The quantitative estimate of drug-likeness (QED) is 0.589. The number of carbonyl (C=O) groups excluding carboxylic acids is 1. The highest BCUT2D eigenvalue weighted by Gasteiger charge is 2.18. The number of nitrogens with one attached hydrogen (secondary N) is 1. The van der Waals surface area contributed by atoms with Gasteiger partial charge in [-0.2, -0.15) is 5.10 Å². The molecule has 0 bridgehead atoms. The molecule has 1 N–H and O–H groups in total. The van der Waals surface area contributed by atoms with Gasteiger partial charge < -0.3 is 5.32 Å². The Labute approximate surface area is 157 Å². The molecule has 7 heteroatoms. The molecule has 1 amide bonds. The molecule has 0 atom stereocenters. The third kappa shape index (κ3) is 3.14. The minimum atomic E-state index is -1.11. The van der Waals surface area contributed by atoms with Crippen molar-refractivity contribution in [2.24, 2.45) is 0 Å². The molecule has 138 valence electrons. The summed E-state index contributed by atoms with van der Waals surface area (Å²) < 4.78 is 28.0. The molecule has 0 aliphatic rings. The van der Waals surface area contributed by atoms with Crippen LogP contribution in [0.3, 0.4) is 0 Å². The van der Waals surface area contributed by atoms with E-state index in [-0.39, 0.29) is 11.4 Å². The van der Waals surface area contributed by atoms with Gasteiger partial charge in [-0.1, -0.05) is 30.3 Å². The summed E-state index contributed by atoms with van der Waals surface area (Å²) in [4.78, 5) is 25.4. The van der Waals surface area contributed by atoms with Crippen LogP contribution in [-0.2, 0) is 0 Å². The second-order valence-corrected chi connectivity index (χ2v) is 6.03. The van der Waals surface area contributed by atoms with E-state index in [1.807, 2.05) is 18.2 Å². The second kappa shape index (κ2) is 7.03. The molecule has 3 aromatic carbocycles. The highest BCUT2D eigenvalue weighted by molar-refractivity contribution is 6.04. The normalized spacial score (nSPS) is 10.8. The molecule has 1 aromatic heterocycles. The van der Waals surface area contributed by atoms with Gasteiger partial charge in [0, 0.05) is 11.8 Å². The fourth-order valence-electron chi connectivity index (χ4n) is 2.86. The zero-order chi connectivity index (χ0) is 19.7. The fraction of sp³-hybridized carbons (Fsp3) is 0. The van der Waals surface area contributed by atoms with Crippen LogP contribution in [0.25, 0.3) is 16.6 Å². The predicted molar refractivity (Wildman–Crippen MR) is 102 cm³/mol. The van der Waals surface area contributed by atoms with Crippen LogP contribution < -0.4 is 10.7 Å². The molecule has 0 spiro atoms. The first kappa shape index (κ1) is 17.5. The Morgan fingerprint density at radius 1 is 0.893 bits per heavy atom. The van der Waals surface area contributed by atoms with E-state index in [1.54, 1.807) is 36.4 Å². The number of aromatic nitrogens is 2. The van der Waals surface area contributed by atoms with Crippen molar-refractivity contribution >= 4 is 22.5 Å². The van der Waals surface area contributed by atoms with E-state index in [0.717, 1.165) is 12.1 Å². The summed E-state index contributed by atoms with van der Waals surface area (Å²) in [5, 5.41) is 6.94. The van der Waals surface area contributed by atoms with Gasteiger partial charge in [-0.25, -0.2) is 13.5 Å². The Morgan fingerprint density at radius 3 is 2.36 bits per heavy atom. The summed E-state index contributed by atoms with van der Waals surface area (Å²) in [7, 11) is 0. The average molecular weight is 377 g/mol. The maximum absolute atomic E-state index is 13.4. The van der Waals surface area contributed by atoms with Crippen LogP contribution in [0.5, 0.6) is 0 Å². The van der Waals surface area contributed by atoms with Crippen molar-refractivity contribution in [2.45, 2.75) is 0 Å². The van der Waals surface area contributed by atoms with E-state index in [0.29, 0.717) is 16.6 Å². The molecular weight excluding hydrogens is 364 g/mol. The number of benzene rings is 3. The molecule has 0 aliphatic heterocycles. The van der Waals surface area contributed by atoms with Gasteiger partial charge in [0.25, 0.3) is 5.91 Å².